The summed E-state index contributed by atoms with van der Waals surface area (Å²) >= 11 is 6.36. The maximum absolute atomic E-state index is 12.6. The van der Waals surface area contributed by atoms with E-state index in [0.29, 0.717) is 16.3 Å². The van der Waals surface area contributed by atoms with Gasteiger partial charge in [0.2, 0.25) is 5.91 Å². The summed E-state index contributed by atoms with van der Waals surface area (Å²) in [5.74, 6) is -1.45. The van der Waals surface area contributed by atoms with Gasteiger partial charge in [-0.1, -0.05) is 48.2 Å². The van der Waals surface area contributed by atoms with Gasteiger partial charge in [-0.2, -0.15) is 0 Å². The number of ether oxygens (including phenoxy) is 1. The van der Waals surface area contributed by atoms with Gasteiger partial charge >= 0.3 is 0 Å². The third-order valence-corrected chi connectivity index (χ3v) is 5.35. The number of carbonyl (C=O) groups is 3. The molecule has 1 heterocycles. The zero-order valence-corrected chi connectivity index (χ0v) is 16.8. The number of anilines is 1. The molecule has 0 atom stereocenters. The summed E-state index contributed by atoms with van der Waals surface area (Å²) < 4.78 is 5.46. The molecule has 0 aliphatic carbocycles. The zero-order valence-electron chi connectivity index (χ0n) is 15.2. The first-order chi connectivity index (χ1) is 13.9. The van der Waals surface area contributed by atoms with Crippen LogP contribution < -0.4 is 15.2 Å². The van der Waals surface area contributed by atoms with Crippen LogP contribution in [0.3, 0.4) is 0 Å². The lowest BCUT2D eigenvalue weighted by atomic mass is 10.2. The third-order valence-electron chi connectivity index (χ3n) is 3.97. The Balaban J connectivity index is 1.67. The fourth-order valence-electron chi connectivity index (χ4n) is 2.55. The molecule has 2 aromatic carbocycles. The number of nitrogens with one attached hydrogen (secondary N) is 1. The van der Waals surface area contributed by atoms with E-state index < -0.39 is 11.9 Å². The van der Waals surface area contributed by atoms with Crippen LogP contribution >= 0.6 is 24.0 Å². The number of aromatic carboxylic acids is 1. The molecular formula is C20H15N2O5S2-. The molecule has 1 aliphatic heterocycles. The molecule has 3 rings (SSSR count). The molecule has 29 heavy (non-hydrogen) atoms. The van der Waals surface area contributed by atoms with Crippen molar-refractivity contribution in [2.24, 2.45) is 0 Å². The highest BCUT2D eigenvalue weighted by Crippen LogP contribution is 2.32. The molecule has 0 bridgehead atoms. The maximum atomic E-state index is 12.6. The number of nitrogens with zero attached hydrogens (tertiary/aromatic N) is 1. The highest BCUT2D eigenvalue weighted by atomic mass is 32.2. The maximum Gasteiger partial charge on any atom is 0.266 e. The predicted molar refractivity (Wildman–Crippen MR) is 112 cm³/mol. The number of hydrogen-bond acceptors (Lipinski definition) is 7. The molecule has 0 unspecified atom stereocenters. The molecule has 148 valence electrons. The van der Waals surface area contributed by atoms with Crippen LogP contribution in [0.25, 0.3) is 6.08 Å². The summed E-state index contributed by atoms with van der Waals surface area (Å²) in [6.07, 6.45) is 1.69. The number of thiocarbonyl (C=S) groups is 1. The van der Waals surface area contributed by atoms with E-state index >= 15 is 0 Å². The van der Waals surface area contributed by atoms with Crippen LogP contribution in [0.2, 0.25) is 0 Å². The van der Waals surface area contributed by atoms with E-state index in [-0.39, 0.29) is 22.3 Å². The third kappa shape index (κ3) is 5.01. The molecule has 0 radical (unpaired) electrons. The SMILES string of the molecule is COc1cccc(C=C2SC(=S)N(CC(=O)Nc3ccc(C(=O)[O-])cc3)C2=O)c1. The van der Waals surface area contributed by atoms with Gasteiger partial charge in [-0.3, -0.25) is 14.5 Å². The van der Waals surface area contributed by atoms with Crippen molar-refractivity contribution >= 4 is 57.8 Å². The Bertz CT molecular complexity index is 1020. The summed E-state index contributed by atoms with van der Waals surface area (Å²) in [6.45, 7) is -0.248. The van der Waals surface area contributed by atoms with Crippen molar-refractivity contribution in [3.8, 4) is 5.75 Å². The Morgan fingerprint density at radius 3 is 2.62 bits per heavy atom. The van der Waals surface area contributed by atoms with Gasteiger partial charge in [0, 0.05) is 5.69 Å². The van der Waals surface area contributed by atoms with Crippen LogP contribution in [0.4, 0.5) is 5.69 Å². The van der Waals surface area contributed by atoms with Crippen LogP contribution in [0, 0.1) is 0 Å². The van der Waals surface area contributed by atoms with Crippen molar-refractivity contribution in [1.82, 2.24) is 4.90 Å². The molecule has 2 aromatic rings. The summed E-state index contributed by atoms with van der Waals surface area (Å²) in [6, 6.07) is 12.7. The van der Waals surface area contributed by atoms with Crippen LogP contribution in [0.15, 0.2) is 53.4 Å². The molecule has 0 spiro atoms. The fourth-order valence-corrected chi connectivity index (χ4v) is 3.81. The molecule has 0 aromatic heterocycles. The van der Waals surface area contributed by atoms with Gasteiger partial charge < -0.3 is 20.0 Å². The van der Waals surface area contributed by atoms with Crippen molar-refractivity contribution in [2.75, 3.05) is 19.0 Å². The van der Waals surface area contributed by atoms with E-state index in [4.69, 9.17) is 17.0 Å². The van der Waals surface area contributed by atoms with E-state index in [1.165, 1.54) is 29.2 Å². The molecular weight excluding hydrogens is 412 g/mol. The summed E-state index contributed by atoms with van der Waals surface area (Å²) in [7, 11) is 1.56. The Kier molecular flexibility index (Phi) is 6.30. The second kappa shape index (κ2) is 8.89. The fraction of sp³-hybridized carbons (Fsp3) is 0.100. The van der Waals surface area contributed by atoms with E-state index in [9.17, 15) is 19.5 Å². The van der Waals surface area contributed by atoms with E-state index in [2.05, 4.69) is 5.32 Å². The summed E-state index contributed by atoms with van der Waals surface area (Å²) in [4.78, 5) is 37.3. The molecule has 1 aliphatic rings. The van der Waals surface area contributed by atoms with Crippen molar-refractivity contribution in [3.05, 3.63) is 64.6 Å². The van der Waals surface area contributed by atoms with Gasteiger partial charge in [-0.05, 0) is 41.5 Å². The number of amides is 2. The van der Waals surface area contributed by atoms with Gasteiger partial charge in [0.05, 0.1) is 18.0 Å². The first kappa shape index (κ1) is 20.6. The zero-order chi connectivity index (χ0) is 21.0. The molecule has 1 N–H and O–H groups in total. The molecule has 2 amide bonds. The van der Waals surface area contributed by atoms with Crippen LogP contribution in [-0.4, -0.2) is 40.7 Å². The number of carbonyl (C=O) groups excluding carboxylic acids is 3. The quantitative estimate of drug-likeness (QED) is 0.555. The molecule has 7 nitrogen and oxygen atoms in total. The van der Waals surface area contributed by atoms with Gasteiger partial charge in [0.25, 0.3) is 5.91 Å². The van der Waals surface area contributed by atoms with Gasteiger partial charge in [0.1, 0.15) is 16.6 Å². The van der Waals surface area contributed by atoms with Gasteiger partial charge in [0.15, 0.2) is 0 Å². The lowest BCUT2D eigenvalue weighted by Gasteiger charge is -2.14. The van der Waals surface area contributed by atoms with Crippen LogP contribution in [0.1, 0.15) is 15.9 Å². The highest BCUT2D eigenvalue weighted by Gasteiger charge is 2.33. The molecule has 0 saturated carbocycles. The minimum atomic E-state index is -1.30. The molecule has 9 heteroatoms. The smallest absolute Gasteiger partial charge is 0.266 e. The Morgan fingerprint density at radius 2 is 1.97 bits per heavy atom. The predicted octanol–water partition coefficient (Wildman–Crippen LogP) is 1.90. The number of thioether (sulfide) groups is 1. The van der Waals surface area contributed by atoms with Gasteiger partial charge in [-0.25, -0.2) is 0 Å². The number of rotatable bonds is 6. The average Bonchev–Trinajstić information content (AvgIpc) is 2.96. The number of carboxylic acid groups (broad SMARTS) is 1. The second-order valence-corrected chi connectivity index (χ2v) is 7.63. The second-order valence-electron chi connectivity index (χ2n) is 5.96. The highest BCUT2D eigenvalue weighted by molar-refractivity contribution is 8.26. The minimum absolute atomic E-state index is 0.00242. The van der Waals surface area contributed by atoms with E-state index in [1.807, 2.05) is 12.1 Å². The monoisotopic (exact) mass is 427 g/mol. The lowest BCUT2D eigenvalue weighted by Crippen LogP contribution is -2.36. The number of methoxy groups -OCH3 is 1. The van der Waals surface area contributed by atoms with Crippen molar-refractivity contribution in [3.63, 3.8) is 0 Å². The standard InChI is InChI=1S/C20H16N2O5S2/c1-27-15-4-2-3-12(9-15)10-16-18(24)22(20(28)29-16)11-17(23)21-14-7-5-13(6-8-14)19(25)26/h2-10H,11H2,1H3,(H,21,23)(H,25,26)/p-1. The Hall–Kier alpha value is -3.17. The van der Waals surface area contributed by atoms with E-state index in [1.54, 1.807) is 25.3 Å². The van der Waals surface area contributed by atoms with Crippen molar-refractivity contribution < 1.29 is 24.2 Å². The Morgan fingerprint density at radius 1 is 1.24 bits per heavy atom. The summed E-state index contributed by atoms with van der Waals surface area (Å²) in [5, 5.41) is 13.4. The van der Waals surface area contributed by atoms with Crippen LogP contribution in [-0.2, 0) is 9.59 Å². The van der Waals surface area contributed by atoms with Crippen LogP contribution in [0.5, 0.6) is 5.75 Å². The average molecular weight is 427 g/mol. The van der Waals surface area contributed by atoms with E-state index in [0.717, 1.165) is 17.3 Å². The normalized spacial score (nSPS) is 14.9. The summed E-state index contributed by atoms with van der Waals surface area (Å²) in [5.41, 5.74) is 1.18. The first-order valence-electron chi connectivity index (χ1n) is 8.38. The minimum Gasteiger partial charge on any atom is -0.545 e. The lowest BCUT2D eigenvalue weighted by molar-refractivity contribution is -0.255. The molecule has 1 fully saturated rings. The number of carboxylic acids is 1. The number of hydrogen-bond donors (Lipinski definition) is 1. The Labute approximate surface area is 176 Å². The van der Waals surface area contributed by atoms with Crippen molar-refractivity contribution in [1.29, 1.82) is 0 Å². The first-order valence-corrected chi connectivity index (χ1v) is 9.60. The number of benzene rings is 2. The topological polar surface area (TPSA) is 98.8 Å². The van der Waals surface area contributed by atoms with Gasteiger partial charge in [-0.15, -0.1) is 0 Å². The molecule has 1 saturated heterocycles. The largest absolute Gasteiger partial charge is 0.545 e. The van der Waals surface area contributed by atoms with Crippen molar-refractivity contribution in [2.45, 2.75) is 0 Å².